The summed E-state index contributed by atoms with van der Waals surface area (Å²) in [7, 11) is 2.09. The first kappa shape index (κ1) is 25.6. The minimum absolute atomic E-state index is 0.0558. The highest BCUT2D eigenvalue weighted by Crippen LogP contribution is 2.35. The van der Waals surface area contributed by atoms with E-state index < -0.39 is 6.10 Å². The smallest absolute Gasteiger partial charge is 0.253 e. The Hall–Kier alpha value is -3.03. The molecule has 0 saturated carbocycles. The van der Waals surface area contributed by atoms with E-state index in [1.54, 1.807) is 0 Å². The lowest BCUT2D eigenvalue weighted by atomic mass is 10.1. The molecule has 7 nitrogen and oxygen atoms in total. The number of hydrogen-bond acceptors (Lipinski definition) is 5. The molecule has 0 aliphatic carbocycles. The summed E-state index contributed by atoms with van der Waals surface area (Å²) < 4.78 is 20.1. The van der Waals surface area contributed by atoms with Crippen LogP contribution in [0.1, 0.15) is 37.0 Å². The van der Waals surface area contributed by atoms with Gasteiger partial charge >= 0.3 is 0 Å². The van der Waals surface area contributed by atoms with Gasteiger partial charge in [0.1, 0.15) is 6.10 Å². The predicted molar refractivity (Wildman–Crippen MR) is 145 cm³/mol. The van der Waals surface area contributed by atoms with Gasteiger partial charge in [0, 0.05) is 52.4 Å². The van der Waals surface area contributed by atoms with E-state index >= 15 is 0 Å². The van der Waals surface area contributed by atoms with E-state index in [4.69, 9.17) is 14.2 Å². The molecule has 198 valence electrons. The molecule has 2 aliphatic heterocycles. The standard InChI is InChI=1S/C30H39N3O4/c1-21(2)17-33(18-23-15-22(3)29-26(16-23)35-12-6-13-37-29)30(34)27-20-32(11-14-36-27)19-25-8-5-7-24-9-10-31(4)28(24)25/h5,7-10,15-16,21,27H,6,11-14,17-20H2,1-4H3. The van der Waals surface area contributed by atoms with Crippen LogP contribution in [-0.4, -0.2) is 65.8 Å². The van der Waals surface area contributed by atoms with Crippen LogP contribution in [-0.2, 0) is 29.7 Å². The fourth-order valence-electron chi connectivity index (χ4n) is 5.52. The number of benzene rings is 2. The van der Waals surface area contributed by atoms with Gasteiger partial charge < -0.3 is 23.7 Å². The van der Waals surface area contributed by atoms with Crippen molar-refractivity contribution in [3.05, 3.63) is 59.3 Å². The third-order valence-corrected chi connectivity index (χ3v) is 7.16. The van der Waals surface area contributed by atoms with Crippen LogP contribution in [0, 0.1) is 12.8 Å². The van der Waals surface area contributed by atoms with Gasteiger partial charge in [-0.05, 0) is 47.1 Å². The molecule has 1 aromatic heterocycles. The van der Waals surface area contributed by atoms with Gasteiger partial charge in [-0.2, -0.15) is 0 Å². The van der Waals surface area contributed by atoms with Crippen molar-refractivity contribution in [3.8, 4) is 11.5 Å². The second kappa shape index (κ2) is 11.2. The number of aryl methyl sites for hydroxylation is 2. The maximum absolute atomic E-state index is 13.8. The van der Waals surface area contributed by atoms with Gasteiger partial charge in [0.05, 0.1) is 25.3 Å². The molecule has 1 unspecified atom stereocenters. The Kier molecular flexibility index (Phi) is 7.72. The second-order valence-corrected chi connectivity index (χ2v) is 10.8. The Labute approximate surface area is 219 Å². The number of fused-ring (bicyclic) bond motifs is 2. The number of para-hydroxylation sites is 1. The maximum atomic E-state index is 13.8. The van der Waals surface area contributed by atoms with Crippen LogP contribution in [0.4, 0.5) is 0 Å². The van der Waals surface area contributed by atoms with Crippen molar-refractivity contribution in [2.24, 2.45) is 13.0 Å². The average molecular weight is 506 g/mol. The van der Waals surface area contributed by atoms with Gasteiger partial charge in [-0.25, -0.2) is 0 Å². The molecule has 7 heteroatoms. The van der Waals surface area contributed by atoms with E-state index in [1.807, 2.05) is 17.9 Å². The largest absolute Gasteiger partial charge is 0.490 e. The normalized spacial score (nSPS) is 18.2. The quantitative estimate of drug-likeness (QED) is 0.472. The van der Waals surface area contributed by atoms with E-state index in [0.717, 1.165) is 42.1 Å². The van der Waals surface area contributed by atoms with E-state index in [0.29, 0.717) is 45.4 Å². The lowest BCUT2D eigenvalue weighted by Crippen LogP contribution is -2.51. The topological polar surface area (TPSA) is 56.2 Å². The molecule has 37 heavy (non-hydrogen) atoms. The first-order chi connectivity index (χ1) is 17.9. The van der Waals surface area contributed by atoms with Crippen LogP contribution < -0.4 is 9.47 Å². The predicted octanol–water partition coefficient (Wildman–Crippen LogP) is 4.53. The first-order valence-electron chi connectivity index (χ1n) is 13.4. The molecule has 0 spiro atoms. The molecular weight excluding hydrogens is 466 g/mol. The SMILES string of the molecule is Cc1cc(CN(CC(C)C)C(=O)C2CN(Cc3cccc4ccn(C)c34)CCO2)cc2c1OCCCO2. The van der Waals surface area contributed by atoms with Crippen molar-refractivity contribution < 1.29 is 19.0 Å². The van der Waals surface area contributed by atoms with Gasteiger partial charge in [-0.3, -0.25) is 9.69 Å². The van der Waals surface area contributed by atoms with E-state index in [9.17, 15) is 4.79 Å². The number of carbonyl (C=O) groups excluding carboxylic acids is 1. The van der Waals surface area contributed by atoms with Crippen molar-refractivity contribution in [3.63, 3.8) is 0 Å². The highest BCUT2D eigenvalue weighted by Gasteiger charge is 2.31. The molecule has 1 amide bonds. The summed E-state index contributed by atoms with van der Waals surface area (Å²) in [4.78, 5) is 18.1. The number of nitrogens with zero attached hydrogens (tertiary/aromatic N) is 3. The molecule has 1 saturated heterocycles. The van der Waals surface area contributed by atoms with Crippen LogP contribution in [0.2, 0.25) is 0 Å². The van der Waals surface area contributed by atoms with Crippen LogP contribution in [0.15, 0.2) is 42.6 Å². The van der Waals surface area contributed by atoms with Crippen molar-refractivity contribution in [1.82, 2.24) is 14.4 Å². The highest BCUT2D eigenvalue weighted by molar-refractivity contribution is 5.83. The zero-order valence-corrected chi connectivity index (χ0v) is 22.5. The molecule has 0 radical (unpaired) electrons. The Morgan fingerprint density at radius 3 is 2.81 bits per heavy atom. The third kappa shape index (κ3) is 5.78. The molecule has 0 N–H and O–H groups in total. The summed E-state index contributed by atoms with van der Waals surface area (Å²) in [6.07, 6.45) is 2.50. The van der Waals surface area contributed by atoms with E-state index in [-0.39, 0.29) is 5.91 Å². The number of hydrogen-bond donors (Lipinski definition) is 0. The minimum atomic E-state index is -0.471. The Morgan fingerprint density at radius 2 is 1.97 bits per heavy atom. The first-order valence-corrected chi connectivity index (χ1v) is 13.4. The molecule has 3 heterocycles. The Morgan fingerprint density at radius 1 is 1.14 bits per heavy atom. The fourth-order valence-corrected chi connectivity index (χ4v) is 5.52. The van der Waals surface area contributed by atoms with Crippen LogP contribution in [0.5, 0.6) is 11.5 Å². The van der Waals surface area contributed by atoms with Gasteiger partial charge in [-0.15, -0.1) is 0 Å². The molecule has 5 rings (SSSR count). The van der Waals surface area contributed by atoms with E-state index in [2.05, 4.69) is 66.9 Å². The van der Waals surface area contributed by atoms with Gasteiger partial charge in [0.2, 0.25) is 0 Å². The average Bonchev–Trinajstić information content (AvgIpc) is 3.09. The molecule has 2 aliphatic rings. The number of rotatable bonds is 7. The second-order valence-electron chi connectivity index (χ2n) is 10.8. The summed E-state index contributed by atoms with van der Waals surface area (Å²) in [5, 5.41) is 1.24. The summed E-state index contributed by atoms with van der Waals surface area (Å²) in [5.74, 6) is 2.00. The Balaban J connectivity index is 1.31. The van der Waals surface area contributed by atoms with Crippen molar-refractivity contribution in [2.45, 2.75) is 46.4 Å². The minimum Gasteiger partial charge on any atom is -0.490 e. The maximum Gasteiger partial charge on any atom is 0.253 e. The molecule has 1 fully saturated rings. The van der Waals surface area contributed by atoms with Crippen LogP contribution in [0.3, 0.4) is 0 Å². The third-order valence-electron chi connectivity index (χ3n) is 7.16. The zero-order chi connectivity index (χ0) is 25.9. The number of morpholine rings is 1. The van der Waals surface area contributed by atoms with Gasteiger partial charge in [0.25, 0.3) is 5.91 Å². The summed E-state index contributed by atoms with van der Waals surface area (Å²) in [6, 6.07) is 12.7. The molecule has 2 aromatic carbocycles. The van der Waals surface area contributed by atoms with Crippen molar-refractivity contribution in [2.75, 3.05) is 39.5 Å². The van der Waals surface area contributed by atoms with Gasteiger partial charge in [0.15, 0.2) is 11.5 Å². The zero-order valence-electron chi connectivity index (χ0n) is 22.5. The summed E-state index contributed by atoms with van der Waals surface area (Å²) in [5.41, 5.74) is 4.63. The monoisotopic (exact) mass is 505 g/mol. The number of aromatic nitrogens is 1. The molecular formula is C30H39N3O4. The fraction of sp³-hybridized carbons (Fsp3) is 0.500. The van der Waals surface area contributed by atoms with Crippen LogP contribution in [0.25, 0.3) is 10.9 Å². The molecule has 1 atom stereocenters. The highest BCUT2D eigenvalue weighted by atomic mass is 16.5. The van der Waals surface area contributed by atoms with Crippen molar-refractivity contribution >= 4 is 16.8 Å². The lowest BCUT2D eigenvalue weighted by molar-refractivity contribution is -0.151. The Bertz CT molecular complexity index is 1250. The summed E-state index contributed by atoms with van der Waals surface area (Å²) >= 11 is 0. The molecule has 0 bridgehead atoms. The van der Waals surface area contributed by atoms with Crippen LogP contribution >= 0.6 is 0 Å². The van der Waals surface area contributed by atoms with Crippen molar-refractivity contribution in [1.29, 1.82) is 0 Å². The van der Waals surface area contributed by atoms with E-state index in [1.165, 1.54) is 16.5 Å². The summed E-state index contributed by atoms with van der Waals surface area (Å²) in [6.45, 7) is 11.6. The number of carbonyl (C=O) groups is 1. The van der Waals surface area contributed by atoms with Gasteiger partial charge in [-0.1, -0.05) is 38.1 Å². The number of ether oxygens (including phenoxy) is 3. The lowest BCUT2D eigenvalue weighted by Gasteiger charge is -2.36. The molecule has 3 aromatic rings. The number of amides is 1.